The van der Waals surface area contributed by atoms with Gasteiger partial charge in [0.25, 0.3) is 11.1 Å². The Morgan fingerprint density at radius 3 is 2.48 bits per heavy atom. The smallest absolute Gasteiger partial charge is 0.405 e. The number of nitrogen functional groups attached to an aromatic ring is 1. The molecule has 0 spiro atoms. The molecule has 0 saturated carbocycles. The number of aromatic amines is 1. The Kier molecular flexibility index (Phi) is 6.47. The van der Waals surface area contributed by atoms with Crippen LogP contribution in [0.4, 0.5) is 5.69 Å². The largest absolute Gasteiger partial charge is 0.448 e. The number of rotatable bonds is 5. The fraction of sp³-hybridized carbons (Fsp3) is 0.188. The van der Waals surface area contributed by atoms with E-state index in [0.29, 0.717) is 0 Å². The van der Waals surface area contributed by atoms with Gasteiger partial charge in [-0.2, -0.15) is 4.98 Å². The van der Waals surface area contributed by atoms with Crippen LogP contribution in [-0.4, -0.2) is 18.5 Å². The lowest BCUT2D eigenvalue weighted by Crippen LogP contribution is -2.32. The topological polar surface area (TPSA) is 95.6 Å². The number of aromatic nitrogens is 1. The Bertz CT molecular complexity index is 800. The Labute approximate surface area is 159 Å². The van der Waals surface area contributed by atoms with Crippen molar-refractivity contribution in [1.82, 2.24) is 5.32 Å². The average molecular weight is 404 g/mol. The van der Waals surface area contributed by atoms with Crippen LogP contribution in [0.2, 0.25) is 15.2 Å². The van der Waals surface area contributed by atoms with Gasteiger partial charge < -0.3 is 15.8 Å². The number of hydrogen-bond donors (Lipinski definition) is 2. The summed E-state index contributed by atoms with van der Waals surface area (Å²) in [5.74, 6) is -1.34. The van der Waals surface area contributed by atoms with E-state index in [1.54, 1.807) is 0 Å². The van der Waals surface area contributed by atoms with Crippen LogP contribution >= 0.6 is 34.8 Å². The quantitative estimate of drug-likeness (QED) is 0.592. The Balaban J connectivity index is 1.97. The number of nitrogens with one attached hydrogen (secondary N) is 2. The number of H-pyrrole nitrogens is 1. The number of ether oxygens (including phenoxy) is 1. The van der Waals surface area contributed by atoms with E-state index in [4.69, 9.17) is 45.3 Å². The standard InChI is InChI=1S/C16H14Cl3N3O3/c1-8(9-5-3-2-4-6-9)21-10(23)7-25-16(24)14-11(17)13(20)12(18)15(19)22-14/h2-6,8H,7H2,1H3,(H2,20,22)(H,21,23)/p+1/t8-/m0/s1. The summed E-state index contributed by atoms with van der Waals surface area (Å²) in [6, 6.07) is 9.13. The number of halogens is 3. The lowest BCUT2D eigenvalue weighted by atomic mass is 10.1. The van der Waals surface area contributed by atoms with Crippen LogP contribution in [0.25, 0.3) is 0 Å². The van der Waals surface area contributed by atoms with Crippen LogP contribution in [0.1, 0.15) is 29.0 Å². The zero-order valence-corrected chi connectivity index (χ0v) is 15.4. The summed E-state index contributed by atoms with van der Waals surface area (Å²) in [4.78, 5) is 26.5. The van der Waals surface area contributed by atoms with Crippen molar-refractivity contribution in [3.8, 4) is 0 Å². The highest BCUT2D eigenvalue weighted by Gasteiger charge is 2.27. The van der Waals surface area contributed by atoms with E-state index in [1.807, 2.05) is 37.3 Å². The highest BCUT2D eigenvalue weighted by Crippen LogP contribution is 2.32. The Morgan fingerprint density at radius 1 is 1.20 bits per heavy atom. The first kappa shape index (κ1) is 19.3. The van der Waals surface area contributed by atoms with Gasteiger partial charge in [-0.15, -0.1) is 0 Å². The third-order valence-electron chi connectivity index (χ3n) is 3.34. The number of benzene rings is 1. The molecule has 0 fully saturated rings. The fourth-order valence-corrected chi connectivity index (χ4v) is 2.63. The van der Waals surface area contributed by atoms with Gasteiger partial charge in [0.15, 0.2) is 6.61 Å². The van der Waals surface area contributed by atoms with Gasteiger partial charge in [0.05, 0.1) is 11.7 Å². The first-order valence-corrected chi connectivity index (χ1v) is 8.31. The first-order valence-electron chi connectivity index (χ1n) is 7.18. The Hall–Kier alpha value is -2.02. The molecule has 0 radical (unpaired) electrons. The predicted octanol–water partition coefficient (Wildman–Crippen LogP) is 3.08. The van der Waals surface area contributed by atoms with Crippen LogP contribution in [-0.2, 0) is 9.53 Å². The maximum atomic E-state index is 12.1. The summed E-state index contributed by atoms with van der Waals surface area (Å²) >= 11 is 17.6. The molecule has 0 unspecified atom stereocenters. The van der Waals surface area contributed by atoms with Crippen molar-refractivity contribution in [2.24, 2.45) is 0 Å². The predicted molar refractivity (Wildman–Crippen MR) is 95.7 cm³/mol. The van der Waals surface area contributed by atoms with Crippen molar-refractivity contribution in [2.45, 2.75) is 13.0 Å². The summed E-state index contributed by atoms with van der Waals surface area (Å²) in [5, 5.41) is 2.53. The van der Waals surface area contributed by atoms with Crippen molar-refractivity contribution < 1.29 is 19.3 Å². The molecule has 1 amide bonds. The molecule has 132 valence electrons. The maximum Gasteiger partial charge on any atom is 0.405 e. The van der Waals surface area contributed by atoms with Crippen molar-refractivity contribution in [2.75, 3.05) is 12.3 Å². The minimum atomic E-state index is -0.877. The number of hydrogen-bond acceptors (Lipinski definition) is 4. The van der Waals surface area contributed by atoms with Gasteiger partial charge in [0.1, 0.15) is 10.0 Å². The highest BCUT2D eigenvalue weighted by atomic mass is 35.5. The van der Waals surface area contributed by atoms with Gasteiger partial charge in [-0.3, -0.25) is 4.79 Å². The molecular formula is C16H15Cl3N3O3+. The molecule has 25 heavy (non-hydrogen) atoms. The molecule has 1 aromatic heterocycles. The maximum absolute atomic E-state index is 12.1. The number of amides is 1. The summed E-state index contributed by atoms with van der Waals surface area (Å²) in [6.07, 6.45) is 0. The second-order valence-corrected chi connectivity index (χ2v) is 6.27. The Morgan fingerprint density at radius 2 is 1.84 bits per heavy atom. The SMILES string of the molecule is C[C@H](NC(=O)COC(=O)c1[nH+]c(Cl)c(Cl)c(N)c1Cl)c1ccccc1. The molecule has 4 N–H and O–H groups in total. The minimum absolute atomic E-state index is 0.00218. The summed E-state index contributed by atoms with van der Waals surface area (Å²) < 4.78 is 4.93. The number of anilines is 1. The monoisotopic (exact) mass is 402 g/mol. The second-order valence-electron chi connectivity index (χ2n) is 5.13. The van der Waals surface area contributed by atoms with E-state index in [9.17, 15) is 9.59 Å². The highest BCUT2D eigenvalue weighted by molar-refractivity contribution is 6.45. The molecule has 1 heterocycles. The van der Waals surface area contributed by atoms with Gasteiger partial charge in [0.2, 0.25) is 0 Å². The molecule has 0 bridgehead atoms. The normalized spacial score (nSPS) is 11.7. The molecule has 1 aromatic carbocycles. The van der Waals surface area contributed by atoms with Crippen LogP contribution in [0.3, 0.4) is 0 Å². The van der Waals surface area contributed by atoms with Crippen molar-refractivity contribution in [1.29, 1.82) is 0 Å². The second kappa shape index (κ2) is 8.38. The van der Waals surface area contributed by atoms with E-state index < -0.39 is 18.5 Å². The molecule has 2 rings (SSSR count). The van der Waals surface area contributed by atoms with Crippen LogP contribution in [0, 0.1) is 0 Å². The minimum Gasteiger partial charge on any atom is -0.448 e. The molecule has 9 heteroatoms. The molecule has 0 saturated heterocycles. The van der Waals surface area contributed by atoms with Gasteiger partial charge in [0, 0.05) is 0 Å². The summed E-state index contributed by atoms with van der Waals surface area (Å²) in [5.41, 5.74) is 6.34. The lowest BCUT2D eigenvalue weighted by Gasteiger charge is -2.14. The lowest BCUT2D eigenvalue weighted by molar-refractivity contribution is -0.380. The third kappa shape index (κ3) is 4.75. The fourth-order valence-electron chi connectivity index (χ4n) is 2.02. The van der Waals surface area contributed by atoms with E-state index in [-0.39, 0.29) is 32.6 Å². The molecule has 0 aliphatic heterocycles. The van der Waals surface area contributed by atoms with E-state index in [1.165, 1.54) is 0 Å². The summed E-state index contributed by atoms with van der Waals surface area (Å²) in [7, 11) is 0. The average Bonchev–Trinajstić information content (AvgIpc) is 2.61. The van der Waals surface area contributed by atoms with E-state index in [0.717, 1.165) is 5.56 Å². The third-order valence-corrected chi connectivity index (χ3v) is 4.50. The van der Waals surface area contributed by atoms with E-state index >= 15 is 0 Å². The van der Waals surface area contributed by atoms with Gasteiger partial charge in [-0.1, -0.05) is 53.5 Å². The first-order chi connectivity index (χ1) is 11.8. The molecule has 6 nitrogen and oxygen atoms in total. The number of nitrogens with two attached hydrogens (primary N) is 1. The van der Waals surface area contributed by atoms with Crippen LogP contribution < -0.4 is 16.0 Å². The summed E-state index contributed by atoms with van der Waals surface area (Å²) in [6.45, 7) is 1.33. The van der Waals surface area contributed by atoms with Crippen molar-refractivity contribution >= 4 is 52.4 Å². The molecule has 2 aromatic rings. The number of carbonyl (C=O) groups is 2. The van der Waals surface area contributed by atoms with Gasteiger partial charge in [-0.25, -0.2) is 4.79 Å². The molecule has 0 aliphatic rings. The van der Waals surface area contributed by atoms with Crippen LogP contribution in [0.5, 0.6) is 0 Å². The molecule has 0 aliphatic carbocycles. The van der Waals surface area contributed by atoms with Crippen molar-refractivity contribution in [3.05, 3.63) is 56.8 Å². The van der Waals surface area contributed by atoms with Gasteiger partial charge in [-0.05, 0) is 24.1 Å². The van der Waals surface area contributed by atoms with Crippen molar-refractivity contribution in [3.63, 3.8) is 0 Å². The van der Waals surface area contributed by atoms with Gasteiger partial charge >= 0.3 is 11.7 Å². The molecule has 1 atom stereocenters. The van der Waals surface area contributed by atoms with Crippen LogP contribution in [0.15, 0.2) is 30.3 Å². The van der Waals surface area contributed by atoms with E-state index in [2.05, 4.69) is 10.3 Å². The number of pyridine rings is 1. The zero-order valence-electron chi connectivity index (χ0n) is 13.1. The zero-order chi connectivity index (χ0) is 18.6. The number of carbonyl (C=O) groups excluding carboxylic acids is 2. The molecular weight excluding hydrogens is 389 g/mol. The number of esters is 1.